The predicted molar refractivity (Wildman–Crippen MR) is 277 cm³/mol. The lowest BCUT2D eigenvalue weighted by atomic mass is 9.91. The Labute approximate surface area is 392 Å². The predicted octanol–water partition coefficient (Wildman–Crippen LogP) is 15.9. The minimum absolute atomic E-state index is 0.520. The van der Waals surface area contributed by atoms with Crippen molar-refractivity contribution < 1.29 is 4.42 Å². The fraction of sp³-hybridized carbons (Fsp3) is 0. The van der Waals surface area contributed by atoms with Crippen LogP contribution >= 0.6 is 0 Å². The number of nitrogens with zero attached hydrogens (tertiary/aromatic N) is 5. The highest BCUT2D eigenvalue weighted by Crippen LogP contribution is 2.43. The van der Waals surface area contributed by atoms with Gasteiger partial charge in [-0.15, -0.1) is 0 Å². The Morgan fingerprint density at radius 2 is 0.882 bits per heavy atom. The fourth-order valence-electron chi connectivity index (χ4n) is 9.69. The van der Waals surface area contributed by atoms with Crippen LogP contribution in [0, 0.1) is 0 Å². The van der Waals surface area contributed by atoms with Crippen LogP contribution in [0.4, 0.5) is 0 Å². The van der Waals surface area contributed by atoms with Crippen molar-refractivity contribution in [1.29, 1.82) is 0 Å². The van der Waals surface area contributed by atoms with E-state index in [2.05, 4.69) is 174 Å². The Morgan fingerprint density at radius 1 is 0.338 bits per heavy atom. The number of hydrogen-bond acceptors (Lipinski definition) is 5. The Hall–Kier alpha value is -9.26. The van der Waals surface area contributed by atoms with Crippen molar-refractivity contribution in [2.75, 3.05) is 0 Å². The van der Waals surface area contributed by atoms with E-state index in [1.165, 1.54) is 0 Å². The number of rotatable bonds is 8. The topological polar surface area (TPSA) is 69.6 Å². The van der Waals surface area contributed by atoms with Gasteiger partial charge in [0.05, 0.1) is 22.1 Å². The third-order valence-electron chi connectivity index (χ3n) is 12.9. The monoisotopic (exact) mass is 869 g/mol. The molecule has 0 saturated carbocycles. The highest BCUT2D eigenvalue weighted by Gasteiger charge is 2.22. The quantitative estimate of drug-likeness (QED) is 0.152. The molecule has 6 heteroatoms. The van der Waals surface area contributed by atoms with Gasteiger partial charge in [-0.3, -0.25) is 4.98 Å². The molecule has 0 unspecified atom stereocenters. The summed E-state index contributed by atoms with van der Waals surface area (Å²) >= 11 is 0. The van der Waals surface area contributed by atoms with Crippen molar-refractivity contribution in [3.8, 4) is 84.5 Å². The van der Waals surface area contributed by atoms with E-state index in [4.69, 9.17) is 24.4 Å². The van der Waals surface area contributed by atoms with Gasteiger partial charge in [0.1, 0.15) is 11.2 Å². The molecule has 4 aromatic heterocycles. The summed E-state index contributed by atoms with van der Waals surface area (Å²) in [5.41, 5.74) is 15.7. The number of furan rings is 1. The third kappa shape index (κ3) is 6.74. The lowest BCUT2D eigenvalue weighted by Crippen LogP contribution is -2.02. The van der Waals surface area contributed by atoms with Gasteiger partial charge in [-0.05, 0) is 82.4 Å². The second-order valence-corrected chi connectivity index (χ2v) is 17.0. The fourth-order valence-corrected chi connectivity index (χ4v) is 9.69. The Balaban J connectivity index is 1.03. The largest absolute Gasteiger partial charge is 0.455 e. The van der Waals surface area contributed by atoms with E-state index >= 15 is 0 Å². The summed E-state index contributed by atoms with van der Waals surface area (Å²) < 4.78 is 9.32. The number of hydrogen-bond donors (Lipinski definition) is 0. The second-order valence-electron chi connectivity index (χ2n) is 17.0. The molecular formula is C62H39N5O. The number of para-hydroxylation sites is 2. The zero-order valence-corrected chi connectivity index (χ0v) is 36.7. The lowest BCUT2D eigenvalue weighted by molar-refractivity contribution is 0.673. The van der Waals surface area contributed by atoms with Crippen LogP contribution in [0.5, 0.6) is 0 Å². The molecule has 0 N–H and O–H groups in total. The van der Waals surface area contributed by atoms with Crippen LogP contribution in [0.2, 0.25) is 0 Å². The first-order valence-corrected chi connectivity index (χ1v) is 22.8. The molecule has 6 nitrogen and oxygen atoms in total. The summed E-state index contributed by atoms with van der Waals surface area (Å²) in [6.07, 6.45) is 1.97. The second kappa shape index (κ2) is 16.3. The van der Waals surface area contributed by atoms with Crippen molar-refractivity contribution >= 4 is 43.7 Å². The van der Waals surface area contributed by atoms with E-state index in [1.54, 1.807) is 0 Å². The van der Waals surface area contributed by atoms with Crippen molar-refractivity contribution in [2.45, 2.75) is 0 Å². The lowest BCUT2D eigenvalue weighted by Gasteiger charge is -2.15. The van der Waals surface area contributed by atoms with Crippen LogP contribution in [0.1, 0.15) is 0 Å². The normalized spacial score (nSPS) is 11.5. The minimum atomic E-state index is 0.520. The van der Waals surface area contributed by atoms with Gasteiger partial charge in [-0.25, -0.2) is 15.0 Å². The first-order valence-electron chi connectivity index (χ1n) is 22.8. The van der Waals surface area contributed by atoms with Crippen LogP contribution in [0.15, 0.2) is 241 Å². The Bertz CT molecular complexity index is 3940. The zero-order valence-electron chi connectivity index (χ0n) is 36.7. The number of aromatic nitrogens is 5. The molecule has 0 aliphatic carbocycles. The van der Waals surface area contributed by atoms with Gasteiger partial charge in [-0.2, -0.15) is 0 Å². The molecule has 13 aromatic rings. The van der Waals surface area contributed by atoms with Crippen molar-refractivity contribution in [1.82, 2.24) is 24.5 Å². The maximum absolute atomic E-state index is 7.00. The molecule has 0 aliphatic heterocycles. The minimum Gasteiger partial charge on any atom is -0.455 e. The van der Waals surface area contributed by atoms with E-state index in [-0.39, 0.29) is 0 Å². The summed E-state index contributed by atoms with van der Waals surface area (Å²) in [4.78, 5) is 20.8. The molecule has 0 spiro atoms. The van der Waals surface area contributed by atoms with Gasteiger partial charge in [0.15, 0.2) is 17.5 Å². The molecule has 0 radical (unpaired) electrons. The van der Waals surface area contributed by atoms with Crippen molar-refractivity contribution in [2.24, 2.45) is 0 Å². The van der Waals surface area contributed by atoms with Crippen LogP contribution < -0.4 is 0 Å². The van der Waals surface area contributed by atoms with Gasteiger partial charge in [0.25, 0.3) is 0 Å². The van der Waals surface area contributed by atoms with Crippen LogP contribution in [0.25, 0.3) is 128 Å². The van der Waals surface area contributed by atoms with Gasteiger partial charge in [-0.1, -0.05) is 176 Å². The molecule has 0 saturated heterocycles. The summed E-state index contributed by atoms with van der Waals surface area (Å²) in [5, 5.41) is 4.32. The first-order chi connectivity index (χ1) is 33.7. The Kier molecular flexibility index (Phi) is 9.39. The molecule has 13 rings (SSSR count). The molecular weight excluding hydrogens is 831 g/mol. The van der Waals surface area contributed by atoms with Gasteiger partial charge in [0, 0.05) is 55.9 Å². The number of pyridine rings is 1. The molecule has 0 fully saturated rings. The standard InChI is InChI=1S/C62H39N5O/c1-6-18-40(19-7-1)48-32-30-44(36-52(48)41-20-8-2-9-21-41)46-37-53(62-65-60(42-22-10-3-11-23-42)64-61(66-62)43-24-12-4-13-25-43)58(63-39-46)45-31-33-49-50-34-35-55-57(59(50)68-56(49)38-45)51-28-16-17-29-54(51)67(55)47-26-14-5-15-27-47/h1-39H. The molecule has 4 heterocycles. The average Bonchev–Trinajstić information content (AvgIpc) is 3.97. The highest BCUT2D eigenvalue weighted by molar-refractivity contribution is 6.24. The third-order valence-corrected chi connectivity index (χ3v) is 12.9. The van der Waals surface area contributed by atoms with Crippen molar-refractivity contribution in [3.05, 3.63) is 237 Å². The van der Waals surface area contributed by atoms with Gasteiger partial charge in [0.2, 0.25) is 0 Å². The van der Waals surface area contributed by atoms with Crippen molar-refractivity contribution in [3.63, 3.8) is 0 Å². The first kappa shape index (κ1) is 39.1. The van der Waals surface area contributed by atoms with E-state index < -0.39 is 0 Å². The van der Waals surface area contributed by atoms with Gasteiger partial charge >= 0.3 is 0 Å². The summed E-state index contributed by atoms with van der Waals surface area (Å²) in [6, 6.07) is 80.0. The zero-order chi connectivity index (χ0) is 45.0. The molecule has 318 valence electrons. The van der Waals surface area contributed by atoms with E-state index in [0.29, 0.717) is 17.5 Å². The van der Waals surface area contributed by atoms with E-state index in [1.807, 2.05) is 66.9 Å². The summed E-state index contributed by atoms with van der Waals surface area (Å²) in [7, 11) is 0. The van der Waals surface area contributed by atoms with Crippen LogP contribution in [-0.4, -0.2) is 24.5 Å². The summed E-state index contributed by atoms with van der Waals surface area (Å²) in [6.45, 7) is 0. The SMILES string of the molecule is c1ccc(-c2nc(-c3ccccc3)nc(-c3cc(-c4ccc(-c5ccccc5)c(-c5ccccc5)c4)cnc3-c3ccc4c(c3)oc3c4ccc4c3c3ccccc3n4-c3ccccc3)n2)cc1. The highest BCUT2D eigenvalue weighted by atomic mass is 16.3. The molecule has 9 aromatic carbocycles. The number of fused-ring (bicyclic) bond motifs is 7. The molecule has 0 amide bonds. The molecule has 0 atom stereocenters. The Morgan fingerprint density at radius 3 is 1.56 bits per heavy atom. The van der Waals surface area contributed by atoms with Gasteiger partial charge < -0.3 is 8.98 Å². The van der Waals surface area contributed by atoms with E-state index in [0.717, 1.165) is 111 Å². The molecule has 0 aliphatic rings. The smallest absolute Gasteiger partial charge is 0.166 e. The van der Waals surface area contributed by atoms with Crippen LogP contribution in [-0.2, 0) is 0 Å². The maximum atomic E-state index is 7.00. The average molecular weight is 870 g/mol. The van der Waals surface area contributed by atoms with E-state index in [9.17, 15) is 0 Å². The number of benzene rings is 9. The molecule has 68 heavy (non-hydrogen) atoms. The molecule has 0 bridgehead atoms. The van der Waals surface area contributed by atoms with Crippen LogP contribution in [0.3, 0.4) is 0 Å². The summed E-state index contributed by atoms with van der Waals surface area (Å²) in [5.74, 6) is 1.68. The maximum Gasteiger partial charge on any atom is 0.166 e.